The van der Waals surface area contributed by atoms with Gasteiger partial charge in [-0.05, 0) is 52.5 Å². The summed E-state index contributed by atoms with van der Waals surface area (Å²) in [6.45, 7) is 3.53. The minimum atomic E-state index is -2.85. The molecule has 1 atom stereocenters. The van der Waals surface area contributed by atoms with Crippen molar-refractivity contribution in [1.29, 1.82) is 0 Å². The van der Waals surface area contributed by atoms with E-state index in [0.717, 1.165) is 18.8 Å². The molecule has 0 aromatic rings. The Morgan fingerprint density at radius 3 is 2.29 bits per heavy atom. The summed E-state index contributed by atoms with van der Waals surface area (Å²) in [5.41, 5.74) is 0. The van der Waals surface area contributed by atoms with E-state index >= 15 is 0 Å². The largest absolute Gasteiger partial charge is 0.317 e. The Labute approximate surface area is 106 Å². The lowest BCUT2D eigenvalue weighted by molar-refractivity contribution is 0.357. The zero-order chi connectivity index (χ0) is 12.9. The minimum absolute atomic E-state index is 0.234. The van der Waals surface area contributed by atoms with Crippen LogP contribution in [0, 0.1) is 5.92 Å². The van der Waals surface area contributed by atoms with Crippen molar-refractivity contribution in [3.63, 3.8) is 0 Å². The molecular formula is C13H27NO2S. The van der Waals surface area contributed by atoms with Gasteiger partial charge in [-0.1, -0.05) is 12.8 Å². The number of nitrogens with one attached hydrogen (secondary N) is 1. The van der Waals surface area contributed by atoms with Gasteiger partial charge in [-0.15, -0.1) is 0 Å². The minimum Gasteiger partial charge on any atom is -0.317 e. The van der Waals surface area contributed by atoms with Gasteiger partial charge in [0.25, 0.3) is 0 Å². The predicted molar refractivity (Wildman–Crippen MR) is 73.0 cm³/mol. The van der Waals surface area contributed by atoms with Crippen molar-refractivity contribution in [2.75, 3.05) is 12.8 Å². The van der Waals surface area contributed by atoms with Crippen molar-refractivity contribution in [1.82, 2.24) is 5.32 Å². The highest BCUT2D eigenvalue weighted by atomic mass is 32.2. The van der Waals surface area contributed by atoms with Crippen molar-refractivity contribution >= 4 is 9.84 Å². The Balaban J connectivity index is 2.33. The van der Waals surface area contributed by atoms with Crippen LogP contribution in [0.4, 0.5) is 0 Å². The van der Waals surface area contributed by atoms with Gasteiger partial charge in [0.15, 0.2) is 9.84 Å². The highest BCUT2D eigenvalue weighted by Crippen LogP contribution is 2.29. The Kier molecular flexibility index (Phi) is 5.93. The van der Waals surface area contributed by atoms with E-state index < -0.39 is 9.84 Å². The van der Waals surface area contributed by atoms with Crippen LogP contribution >= 0.6 is 0 Å². The first-order valence-corrected chi connectivity index (χ1v) is 8.57. The molecular weight excluding hydrogens is 234 g/mol. The molecule has 0 bridgehead atoms. The zero-order valence-corrected chi connectivity index (χ0v) is 12.2. The molecule has 0 heterocycles. The molecule has 102 valence electrons. The molecule has 0 amide bonds. The van der Waals surface area contributed by atoms with Crippen molar-refractivity contribution in [2.45, 2.75) is 63.7 Å². The molecule has 4 heteroatoms. The molecule has 1 N–H and O–H groups in total. The van der Waals surface area contributed by atoms with Gasteiger partial charge in [-0.2, -0.15) is 0 Å². The van der Waals surface area contributed by atoms with Crippen molar-refractivity contribution in [2.24, 2.45) is 5.92 Å². The molecule has 1 aliphatic carbocycles. The van der Waals surface area contributed by atoms with Crippen molar-refractivity contribution < 1.29 is 8.42 Å². The predicted octanol–water partition coefficient (Wildman–Crippen LogP) is 2.37. The van der Waals surface area contributed by atoms with E-state index in [1.54, 1.807) is 13.8 Å². The second-order valence-electron chi connectivity index (χ2n) is 5.50. The van der Waals surface area contributed by atoms with Crippen LogP contribution < -0.4 is 5.32 Å². The summed E-state index contributed by atoms with van der Waals surface area (Å²) in [4.78, 5) is 0. The Bertz CT molecular complexity index is 305. The Hall–Kier alpha value is -0.0900. The van der Waals surface area contributed by atoms with Gasteiger partial charge in [0, 0.05) is 6.04 Å². The van der Waals surface area contributed by atoms with Gasteiger partial charge in [0.2, 0.25) is 0 Å². The second kappa shape index (κ2) is 6.74. The summed E-state index contributed by atoms with van der Waals surface area (Å²) in [6, 6.07) is 0.514. The smallest absolute Gasteiger partial charge is 0.152 e. The lowest BCUT2D eigenvalue weighted by Crippen LogP contribution is -2.33. The lowest BCUT2D eigenvalue weighted by atomic mass is 9.95. The molecule has 1 fully saturated rings. The molecule has 1 unspecified atom stereocenters. The van der Waals surface area contributed by atoms with E-state index in [4.69, 9.17) is 0 Å². The molecule has 0 aromatic carbocycles. The third kappa shape index (κ3) is 4.59. The average molecular weight is 261 g/mol. The van der Waals surface area contributed by atoms with E-state index in [0.29, 0.717) is 11.8 Å². The monoisotopic (exact) mass is 261 g/mol. The van der Waals surface area contributed by atoms with Gasteiger partial charge < -0.3 is 5.32 Å². The first kappa shape index (κ1) is 15.0. The van der Waals surface area contributed by atoms with Crippen LogP contribution in [0.2, 0.25) is 0 Å². The topological polar surface area (TPSA) is 46.2 Å². The molecule has 0 radical (unpaired) electrons. The number of rotatable bonds is 7. The maximum absolute atomic E-state index is 11.7. The van der Waals surface area contributed by atoms with Crippen molar-refractivity contribution in [3.05, 3.63) is 0 Å². The lowest BCUT2D eigenvalue weighted by Gasteiger charge is -2.23. The summed E-state index contributed by atoms with van der Waals surface area (Å²) >= 11 is 0. The van der Waals surface area contributed by atoms with Crippen LogP contribution in [0.5, 0.6) is 0 Å². The van der Waals surface area contributed by atoms with Gasteiger partial charge >= 0.3 is 0 Å². The fourth-order valence-corrected chi connectivity index (χ4v) is 3.76. The summed E-state index contributed by atoms with van der Waals surface area (Å²) in [5.74, 6) is 1.11. The van der Waals surface area contributed by atoms with E-state index in [1.807, 2.05) is 7.05 Å². The third-order valence-corrected chi connectivity index (χ3v) is 6.30. The fraction of sp³-hybridized carbons (Fsp3) is 1.00. The van der Waals surface area contributed by atoms with E-state index in [9.17, 15) is 8.42 Å². The fourth-order valence-electron chi connectivity index (χ4n) is 2.72. The molecule has 1 rings (SSSR count). The summed E-state index contributed by atoms with van der Waals surface area (Å²) < 4.78 is 23.4. The maximum Gasteiger partial charge on any atom is 0.152 e. The zero-order valence-electron chi connectivity index (χ0n) is 11.4. The maximum atomic E-state index is 11.7. The summed E-state index contributed by atoms with van der Waals surface area (Å²) in [5, 5.41) is 3.13. The Morgan fingerprint density at radius 1 is 1.24 bits per heavy atom. The van der Waals surface area contributed by atoms with Crippen LogP contribution in [0.15, 0.2) is 0 Å². The molecule has 3 nitrogen and oxygen atoms in total. The first-order chi connectivity index (χ1) is 7.97. The molecule has 0 saturated heterocycles. The van der Waals surface area contributed by atoms with Gasteiger partial charge in [-0.3, -0.25) is 0 Å². The van der Waals surface area contributed by atoms with Gasteiger partial charge in [-0.25, -0.2) is 8.42 Å². The standard InChI is InChI=1S/C13H27NO2S/c1-11(2)17(15,16)10-6-9-13(14-3)12-7-4-5-8-12/h11-14H,4-10H2,1-3H3. The molecule has 0 spiro atoms. The van der Waals surface area contributed by atoms with E-state index in [-0.39, 0.29) is 5.25 Å². The number of sulfone groups is 1. The van der Waals surface area contributed by atoms with Crippen LogP contribution in [0.3, 0.4) is 0 Å². The quantitative estimate of drug-likeness (QED) is 0.765. The molecule has 0 aliphatic heterocycles. The third-order valence-electron chi connectivity index (χ3n) is 4.00. The molecule has 1 saturated carbocycles. The summed E-state index contributed by atoms with van der Waals surface area (Å²) in [6.07, 6.45) is 7.08. The van der Waals surface area contributed by atoms with Crippen molar-refractivity contribution in [3.8, 4) is 0 Å². The van der Waals surface area contributed by atoms with Crippen LogP contribution in [0.1, 0.15) is 52.4 Å². The molecule has 1 aliphatic rings. The number of hydrogen-bond donors (Lipinski definition) is 1. The van der Waals surface area contributed by atoms with Crippen LogP contribution in [-0.4, -0.2) is 32.5 Å². The van der Waals surface area contributed by atoms with Gasteiger partial charge in [0.1, 0.15) is 0 Å². The second-order valence-corrected chi connectivity index (χ2v) is 8.17. The van der Waals surface area contributed by atoms with Gasteiger partial charge in [0.05, 0.1) is 11.0 Å². The SMILES string of the molecule is CNC(CCCS(=O)(=O)C(C)C)C1CCCC1. The van der Waals surface area contributed by atoms with Crippen LogP contribution in [0.25, 0.3) is 0 Å². The van der Waals surface area contributed by atoms with E-state index in [2.05, 4.69) is 5.32 Å². The van der Waals surface area contributed by atoms with Crippen LogP contribution in [-0.2, 0) is 9.84 Å². The normalized spacial score (nSPS) is 20.0. The highest BCUT2D eigenvalue weighted by molar-refractivity contribution is 7.91. The first-order valence-electron chi connectivity index (χ1n) is 6.86. The highest BCUT2D eigenvalue weighted by Gasteiger charge is 2.24. The average Bonchev–Trinajstić information content (AvgIpc) is 2.77. The number of hydrogen-bond acceptors (Lipinski definition) is 3. The Morgan fingerprint density at radius 2 is 1.82 bits per heavy atom. The van der Waals surface area contributed by atoms with E-state index in [1.165, 1.54) is 25.7 Å². The molecule has 0 aromatic heterocycles. The molecule has 17 heavy (non-hydrogen) atoms. The summed E-state index contributed by atoms with van der Waals surface area (Å²) in [7, 11) is -0.853.